The van der Waals surface area contributed by atoms with Crippen LogP contribution in [0.1, 0.15) is 88.7 Å². The first kappa shape index (κ1) is 29.0. The van der Waals surface area contributed by atoms with Crippen molar-refractivity contribution in [3.63, 3.8) is 0 Å². The molecule has 3 heteroatoms. The third kappa shape index (κ3) is 12.3. The van der Waals surface area contributed by atoms with Gasteiger partial charge in [-0.25, -0.2) is 0 Å². The maximum atomic E-state index is 6.17. The Labute approximate surface area is 209 Å². The smallest absolute Gasteiger partial charge is 0.105 e. The summed E-state index contributed by atoms with van der Waals surface area (Å²) in [5.41, 5.74) is 2.89. The number of benzene rings is 2. The fourth-order valence-corrected chi connectivity index (χ4v) is 4.87. The third-order valence-electron chi connectivity index (χ3n) is 6.47. The summed E-state index contributed by atoms with van der Waals surface area (Å²) in [6.07, 6.45) is 15.0. The lowest BCUT2D eigenvalue weighted by molar-refractivity contribution is -0.953. The monoisotopic (exact) mass is 477 g/mol. The van der Waals surface area contributed by atoms with E-state index < -0.39 is 0 Å². The summed E-state index contributed by atoms with van der Waals surface area (Å²) in [5.74, 6) is 0.752. The highest BCUT2D eigenvalue weighted by Gasteiger charge is 2.27. The molecule has 0 radical (unpaired) electrons. The van der Waals surface area contributed by atoms with Crippen LogP contribution in [0.15, 0.2) is 60.7 Å². The van der Waals surface area contributed by atoms with E-state index in [1.165, 1.54) is 81.9 Å². The van der Waals surface area contributed by atoms with Crippen molar-refractivity contribution in [2.24, 2.45) is 0 Å². The molecule has 0 aromatic heterocycles. The summed E-state index contributed by atoms with van der Waals surface area (Å²) in [4.78, 5) is 0. The summed E-state index contributed by atoms with van der Waals surface area (Å²) >= 11 is 6.17. The summed E-state index contributed by atoms with van der Waals surface area (Å²) in [7, 11) is 0. The molecule has 0 amide bonds. The molecular formula is C29H45Cl2N. The average molecular weight is 479 g/mol. The number of hydrogen-bond acceptors (Lipinski definition) is 0. The molecule has 32 heavy (non-hydrogen) atoms. The molecule has 0 spiro atoms. The highest BCUT2D eigenvalue weighted by molar-refractivity contribution is 6.17. The lowest BCUT2D eigenvalue weighted by Gasteiger charge is -2.39. The van der Waals surface area contributed by atoms with E-state index in [0.29, 0.717) is 0 Å². The standard InChI is InChI=1S/C29H45ClN.ClH/c1-2-3-4-5-6-7-8-9-10-17-24-31(25-18-23-30,26-28-19-13-11-14-20-28)27-29-21-15-12-16-22-29;/h11-16,19-22H,2-10,17-18,23-27H2,1H3;1H/q+1;/p-1. The Morgan fingerprint density at radius 1 is 0.562 bits per heavy atom. The minimum Gasteiger partial charge on any atom is -1.00 e. The Kier molecular flexibility index (Phi) is 16.7. The number of unbranched alkanes of at least 4 members (excludes halogenated alkanes) is 9. The van der Waals surface area contributed by atoms with Crippen molar-refractivity contribution in [2.75, 3.05) is 19.0 Å². The Morgan fingerprint density at radius 2 is 0.969 bits per heavy atom. The number of hydrogen-bond donors (Lipinski definition) is 0. The maximum absolute atomic E-state index is 6.17. The van der Waals surface area contributed by atoms with Gasteiger partial charge in [-0.1, -0.05) is 119 Å². The fraction of sp³-hybridized carbons (Fsp3) is 0.586. The van der Waals surface area contributed by atoms with E-state index in [2.05, 4.69) is 67.6 Å². The molecule has 0 heterocycles. The molecule has 0 aliphatic carbocycles. The normalized spacial score (nSPS) is 11.3. The number of alkyl halides is 1. The number of rotatable bonds is 18. The molecule has 0 N–H and O–H groups in total. The first-order valence-corrected chi connectivity index (χ1v) is 13.3. The van der Waals surface area contributed by atoms with E-state index in [0.717, 1.165) is 36.4 Å². The zero-order chi connectivity index (χ0) is 22.0. The van der Waals surface area contributed by atoms with Gasteiger partial charge < -0.3 is 16.9 Å². The van der Waals surface area contributed by atoms with Gasteiger partial charge in [0, 0.05) is 23.4 Å². The van der Waals surface area contributed by atoms with Crippen molar-refractivity contribution < 1.29 is 16.9 Å². The van der Waals surface area contributed by atoms with Crippen molar-refractivity contribution >= 4 is 11.6 Å². The fourth-order valence-electron chi connectivity index (χ4n) is 4.76. The second-order valence-electron chi connectivity index (χ2n) is 9.30. The van der Waals surface area contributed by atoms with Crippen LogP contribution >= 0.6 is 11.6 Å². The van der Waals surface area contributed by atoms with E-state index in [-0.39, 0.29) is 12.4 Å². The Morgan fingerprint density at radius 3 is 1.41 bits per heavy atom. The molecule has 1 nitrogen and oxygen atoms in total. The number of nitrogens with zero attached hydrogens (tertiary/aromatic N) is 1. The molecule has 0 aliphatic heterocycles. The van der Waals surface area contributed by atoms with Gasteiger partial charge in [0.05, 0.1) is 13.1 Å². The van der Waals surface area contributed by atoms with E-state index >= 15 is 0 Å². The van der Waals surface area contributed by atoms with Gasteiger partial charge in [0.15, 0.2) is 0 Å². The largest absolute Gasteiger partial charge is 1.00 e. The zero-order valence-corrected chi connectivity index (χ0v) is 21.8. The van der Waals surface area contributed by atoms with Crippen LogP contribution in [-0.2, 0) is 13.1 Å². The maximum Gasteiger partial charge on any atom is 0.105 e. The van der Waals surface area contributed by atoms with Crippen molar-refractivity contribution in [2.45, 2.75) is 90.6 Å². The van der Waals surface area contributed by atoms with Crippen molar-refractivity contribution in [1.82, 2.24) is 0 Å². The molecule has 0 saturated heterocycles. The van der Waals surface area contributed by atoms with Crippen molar-refractivity contribution in [1.29, 1.82) is 0 Å². The molecule has 2 aromatic carbocycles. The van der Waals surface area contributed by atoms with Crippen LogP contribution in [-0.4, -0.2) is 23.5 Å². The van der Waals surface area contributed by atoms with E-state index in [4.69, 9.17) is 11.6 Å². The van der Waals surface area contributed by atoms with Crippen LogP contribution in [0.4, 0.5) is 0 Å². The lowest BCUT2D eigenvalue weighted by atomic mass is 10.0. The second-order valence-corrected chi connectivity index (χ2v) is 9.68. The molecule has 0 unspecified atom stereocenters. The zero-order valence-electron chi connectivity index (χ0n) is 20.3. The molecule has 0 atom stereocenters. The summed E-state index contributed by atoms with van der Waals surface area (Å²) < 4.78 is 1.12. The SMILES string of the molecule is CCCCCCCCCCCC[N+](CCCCl)(Cc1ccccc1)Cc1ccccc1.[Cl-]. The van der Waals surface area contributed by atoms with Crippen molar-refractivity contribution in [3.05, 3.63) is 71.8 Å². The molecule has 2 rings (SSSR count). The van der Waals surface area contributed by atoms with Gasteiger partial charge in [-0.15, -0.1) is 11.6 Å². The average Bonchev–Trinajstić information content (AvgIpc) is 2.80. The van der Waals surface area contributed by atoms with Gasteiger partial charge >= 0.3 is 0 Å². The van der Waals surface area contributed by atoms with E-state index in [1.807, 2.05) is 0 Å². The van der Waals surface area contributed by atoms with Gasteiger partial charge in [0.1, 0.15) is 13.1 Å². The molecule has 180 valence electrons. The minimum atomic E-state index is 0. The molecular weight excluding hydrogens is 433 g/mol. The molecule has 0 bridgehead atoms. The van der Waals surface area contributed by atoms with Gasteiger partial charge in [0.25, 0.3) is 0 Å². The summed E-state index contributed by atoms with van der Waals surface area (Å²) in [5, 5.41) is 0. The van der Waals surface area contributed by atoms with Crippen molar-refractivity contribution in [3.8, 4) is 0 Å². The van der Waals surface area contributed by atoms with E-state index in [9.17, 15) is 0 Å². The minimum absolute atomic E-state index is 0. The van der Waals surface area contributed by atoms with Crippen LogP contribution in [0, 0.1) is 0 Å². The first-order chi connectivity index (χ1) is 15.3. The van der Waals surface area contributed by atoms with Gasteiger partial charge in [-0.05, 0) is 12.8 Å². The van der Waals surface area contributed by atoms with Crippen LogP contribution in [0.25, 0.3) is 0 Å². The second kappa shape index (κ2) is 18.4. The Hall–Kier alpha value is -1.02. The molecule has 0 saturated carbocycles. The van der Waals surface area contributed by atoms with Gasteiger partial charge in [-0.2, -0.15) is 0 Å². The Bertz CT molecular complexity index is 618. The van der Waals surface area contributed by atoms with Crippen LogP contribution in [0.2, 0.25) is 0 Å². The van der Waals surface area contributed by atoms with Gasteiger partial charge in [0.2, 0.25) is 0 Å². The highest BCUT2D eigenvalue weighted by Crippen LogP contribution is 2.23. The van der Waals surface area contributed by atoms with Crippen LogP contribution < -0.4 is 12.4 Å². The Balaban J connectivity index is 0.00000512. The lowest BCUT2D eigenvalue weighted by Crippen LogP contribution is -3.00. The highest BCUT2D eigenvalue weighted by atomic mass is 35.5. The molecule has 0 aliphatic rings. The van der Waals surface area contributed by atoms with Gasteiger partial charge in [-0.3, -0.25) is 0 Å². The predicted octanol–water partition coefficient (Wildman–Crippen LogP) is 5.76. The summed E-state index contributed by atoms with van der Waals surface area (Å²) in [6.45, 7) is 6.90. The molecule has 2 aromatic rings. The van der Waals surface area contributed by atoms with E-state index in [1.54, 1.807) is 0 Å². The third-order valence-corrected chi connectivity index (χ3v) is 6.74. The first-order valence-electron chi connectivity index (χ1n) is 12.8. The predicted molar refractivity (Wildman–Crippen MR) is 137 cm³/mol. The topological polar surface area (TPSA) is 0 Å². The summed E-state index contributed by atoms with van der Waals surface area (Å²) in [6, 6.07) is 22.1. The molecule has 0 fully saturated rings. The number of halogens is 2. The van der Waals surface area contributed by atoms with Crippen LogP contribution in [0.3, 0.4) is 0 Å². The quantitative estimate of drug-likeness (QED) is 0.145. The van der Waals surface area contributed by atoms with Crippen LogP contribution in [0.5, 0.6) is 0 Å². The number of quaternary nitrogens is 1.